The summed E-state index contributed by atoms with van der Waals surface area (Å²) in [5.74, 6) is -0.213. The predicted octanol–water partition coefficient (Wildman–Crippen LogP) is -0.303. The molecule has 0 radical (unpaired) electrons. The van der Waals surface area contributed by atoms with Gasteiger partial charge in [-0.05, 0) is 18.6 Å². The standard InChI is InChI=1S/C18H21N5O3/c1-12-4-3-5-22-13(9-19-17(12)22)8-15(24)21-6-7-23-14(10-21)18(26)20(2)11-16(23)25/h3-5,9,14H,6-8,10-11H2,1-2H3/t14-/m1/s1. The molecule has 8 heteroatoms. The van der Waals surface area contributed by atoms with E-state index in [1.165, 1.54) is 4.90 Å². The van der Waals surface area contributed by atoms with E-state index >= 15 is 0 Å². The number of nitrogens with zero attached hydrogens (tertiary/aromatic N) is 5. The monoisotopic (exact) mass is 355 g/mol. The van der Waals surface area contributed by atoms with E-state index in [0.717, 1.165) is 16.9 Å². The highest BCUT2D eigenvalue weighted by Crippen LogP contribution is 2.18. The van der Waals surface area contributed by atoms with E-state index in [1.807, 2.05) is 29.7 Å². The molecule has 2 aromatic heterocycles. The number of carbonyl (C=O) groups is 3. The van der Waals surface area contributed by atoms with Crippen LogP contribution in [0, 0.1) is 6.92 Å². The van der Waals surface area contributed by atoms with E-state index in [1.54, 1.807) is 23.0 Å². The zero-order valence-corrected chi connectivity index (χ0v) is 14.9. The Labute approximate surface area is 151 Å². The summed E-state index contributed by atoms with van der Waals surface area (Å²) in [6.45, 7) is 3.21. The zero-order chi connectivity index (χ0) is 18.4. The summed E-state index contributed by atoms with van der Waals surface area (Å²) >= 11 is 0. The van der Waals surface area contributed by atoms with Crippen molar-refractivity contribution in [2.24, 2.45) is 0 Å². The SMILES string of the molecule is Cc1cccn2c(CC(=O)N3CCN4C(=O)CN(C)C(=O)[C@H]4C3)cnc12. The Kier molecular flexibility index (Phi) is 3.90. The van der Waals surface area contributed by atoms with Crippen molar-refractivity contribution in [2.75, 3.05) is 33.2 Å². The highest BCUT2D eigenvalue weighted by molar-refractivity contribution is 5.95. The van der Waals surface area contributed by atoms with Crippen molar-refractivity contribution >= 4 is 23.4 Å². The van der Waals surface area contributed by atoms with E-state index < -0.39 is 6.04 Å². The fourth-order valence-corrected chi connectivity index (χ4v) is 3.75. The van der Waals surface area contributed by atoms with Crippen molar-refractivity contribution < 1.29 is 14.4 Å². The molecule has 26 heavy (non-hydrogen) atoms. The summed E-state index contributed by atoms with van der Waals surface area (Å²) < 4.78 is 1.92. The molecule has 0 aromatic carbocycles. The summed E-state index contributed by atoms with van der Waals surface area (Å²) in [6, 6.07) is 3.34. The number of piperazine rings is 2. The van der Waals surface area contributed by atoms with Crippen LogP contribution < -0.4 is 0 Å². The maximum atomic E-state index is 12.8. The number of likely N-dealkylation sites (N-methyl/N-ethyl adjacent to an activating group) is 1. The van der Waals surface area contributed by atoms with Gasteiger partial charge in [-0.15, -0.1) is 0 Å². The first-order chi connectivity index (χ1) is 12.5. The maximum Gasteiger partial charge on any atom is 0.247 e. The molecule has 4 heterocycles. The molecule has 1 atom stereocenters. The van der Waals surface area contributed by atoms with E-state index in [9.17, 15) is 14.4 Å². The first kappa shape index (κ1) is 16.6. The number of fused-ring (bicyclic) bond motifs is 2. The topological polar surface area (TPSA) is 78.2 Å². The average Bonchev–Trinajstić information content (AvgIpc) is 3.03. The molecule has 2 aliphatic rings. The van der Waals surface area contributed by atoms with Gasteiger partial charge in [-0.1, -0.05) is 6.07 Å². The number of hydrogen-bond donors (Lipinski definition) is 0. The normalized spacial score (nSPS) is 20.7. The fourth-order valence-electron chi connectivity index (χ4n) is 3.75. The van der Waals surface area contributed by atoms with E-state index in [-0.39, 0.29) is 37.2 Å². The van der Waals surface area contributed by atoms with Crippen molar-refractivity contribution in [1.29, 1.82) is 0 Å². The van der Waals surface area contributed by atoms with Gasteiger partial charge in [-0.3, -0.25) is 14.4 Å². The van der Waals surface area contributed by atoms with Gasteiger partial charge in [0.2, 0.25) is 17.7 Å². The second kappa shape index (κ2) is 6.12. The van der Waals surface area contributed by atoms with Crippen molar-refractivity contribution in [3.05, 3.63) is 35.8 Å². The van der Waals surface area contributed by atoms with Crippen LogP contribution in [0.3, 0.4) is 0 Å². The molecule has 2 saturated heterocycles. The Balaban J connectivity index is 1.51. The third-order valence-corrected chi connectivity index (χ3v) is 5.23. The quantitative estimate of drug-likeness (QED) is 0.741. The molecular weight excluding hydrogens is 334 g/mol. The van der Waals surface area contributed by atoms with E-state index in [2.05, 4.69) is 4.98 Å². The van der Waals surface area contributed by atoms with Gasteiger partial charge in [0.15, 0.2) is 0 Å². The van der Waals surface area contributed by atoms with Crippen molar-refractivity contribution in [1.82, 2.24) is 24.1 Å². The van der Waals surface area contributed by atoms with Crippen LogP contribution >= 0.6 is 0 Å². The van der Waals surface area contributed by atoms with Gasteiger partial charge in [-0.2, -0.15) is 0 Å². The highest BCUT2D eigenvalue weighted by atomic mass is 16.2. The van der Waals surface area contributed by atoms with Gasteiger partial charge in [0.05, 0.1) is 25.2 Å². The predicted molar refractivity (Wildman–Crippen MR) is 93.4 cm³/mol. The molecule has 2 fully saturated rings. The molecule has 0 unspecified atom stereocenters. The number of aromatic nitrogens is 2. The third kappa shape index (κ3) is 2.61. The molecular formula is C18H21N5O3. The van der Waals surface area contributed by atoms with Gasteiger partial charge in [0.1, 0.15) is 11.7 Å². The van der Waals surface area contributed by atoms with Gasteiger partial charge >= 0.3 is 0 Å². The molecule has 8 nitrogen and oxygen atoms in total. The molecule has 3 amide bonds. The number of aryl methyl sites for hydroxylation is 1. The first-order valence-electron chi connectivity index (χ1n) is 8.69. The number of carbonyl (C=O) groups excluding carboxylic acids is 3. The maximum absolute atomic E-state index is 12.8. The third-order valence-electron chi connectivity index (χ3n) is 5.23. The van der Waals surface area contributed by atoms with Crippen LogP contribution in [0.2, 0.25) is 0 Å². The molecule has 0 saturated carbocycles. The Morgan fingerprint density at radius 3 is 2.92 bits per heavy atom. The first-order valence-corrected chi connectivity index (χ1v) is 8.69. The number of amides is 3. The van der Waals surface area contributed by atoms with Crippen LogP contribution in [0.1, 0.15) is 11.3 Å². The average molecular weight is 355 g/mol. The minimum Gasteiger partial charge on any atom is -0.338 e. The van der Waals surface area contributed by atoms with Crippen molar-refractivity contribution in [3.8, 4) is 0 Å². The number of hydrogen-bond acceptors (Lipinski definition) is 4. The van der Waals surface area contributed by atoms with Gasteiger partial charge in [-0.25, -0.2) is 4.98 Å². The van der Waals surface area contributed by atoms with Crippen LogP contribution in [0.25, 0.3) is 5.65 Å². The Bertz CT molecular complexity index is 905. The van der Waals surface area contributed by atoms with Crippen LogP contribution in [-0.4, -0.2) is 81.1 Å². The van der Waals surface area contributed by atoms with Gasteiger partial charge in [0.25, 0.3) is 0 Å². The lowest BCUT2D eigenvalue weighted by molar-refractivity contribution is -0.160. The summed E-state index contributed by atoms with van der Waals surface area (Å²) in [6.07, 6.45) is 3.84. The number of imidazole rings is 1. The Morgan fingerprint density at radius 2 is 2.12 bits per heavy atom. The minimum atomic E-state index is -0.566. The van der Waals surface area contributed by atoms with Gasteiger partial charge < -0.3 is 19.1 Å². The highest BCUT2D eigenvalue weighted by Gasteiger charge is 2.42. The van der Waals surface area contributed by atoms with Crippen molar-refractivity contribution in [2.45, 2.75) is 19.4 Å². The largest absolute Gasteiger partial charge is 0.338 e. The minimum absolute atomic E-state index is 0.0542. The van der Waals surface area contributed by atoms with E-state index in [0.29, 0.717) is 13.1 Å². The Morgan fingerprint density at radius 1 is 1.31 bits per heavy atom. The van der Waals surface area contributed by atoms with Crippen LogP contribution in [0.5, 0.6) is 0 Å². The fraction of sp³-hybridized carbons (Fsp3) is 0.444. The molecule has 0 spiro atoms. The molecule has 0 N–H and O–H groups in total. The van der Waals surface area contributed by atoms with Crippen LogP contribution in [-0.2, 0) is 20.8 Å². The molecule has 2 aromatic rings. The summed E-state index contributed by atoms with van der Waals surface area (Å²) in [5.41, 5.74) is 2.71. The lowest BCUT2D eigenvalue weighted by atomic mass is 10.1. The Hall–Kier alpha value is -2.90. The molecule has 2 aliphatic heterocycles. The van der Waals surface area contributed by atoms with Crippen LogP contribution in [0.15, 0.2) is 24.5 Å². The molecule has 4 rings (SSSR count). The van der Waals surface area contributed by atoms with Crippen molar-refractivity contribution in [3.63, 3.8) is 0 Å². The smallest absolute Gasteiger partial charge is 0.247 e. The molecule has 0 aliphatic carbocycles. The van der Waals surface area contributed by atoms with Gasteiger partial charge in [0, 0.05) is 32.5 Å². The second-order valence-electron chi connectivity index (χ2n) is 6.95. The summed E-state index contributed by atoms with van der Waals surface area (Å²) in [4.78, 5) is 46.4. The molecule has 0 bridgehead atoms. The zero-order valence-electron chi connectivity index (χ0n) is 14.9. The number of rotatable bonds is 2. The van der Waals surface area contributed by atoms with E-state index in [4.69, 9.17) is 0 Å². The lowest BCUT2D eigenvalue weighted by Gasteiger charge is -2.45. The second-order valence-corrected chi connectivity index (χ2v) is 6.95. The summed E-state index contributed by atoms with van der Waals surface area (Å²) in [7, 11) is 1.62. The lowest BCUT2D eigenvalue weighted by Crippen LogP contribution is -2.66. The molecule has 136 valence electrons. The summed E-state index contributed by atoms with van der Waals surface area (Å²) in [5, 5.41) is 0. The number of pyridine rings is 1. The van der Waals surface area contributed by atoms with Crippen LogP contribution in [0.4, 0.5) is 0 Å².